The van der Waals surface area contributed by atoms with E-state index in [0.29, 0.717) is 12.0 Å². The van der Waals surface area contributed by atoms with E-state index in [9.17, 15) is 5.11 Å². The van der Waals surface area contributed by atoms with Crippen LogP contribution < -0.4 is 0 Å². The number of hydrogen-bond acceptors (Lipinski definition) is 2. The van der Waals surface area contributed by atoms with Gasteiger partial charge in [0, 0.05) is 6.61 Å². The van der Waals surface area contributed by atoms with Gasteiger partial charge >= 0.3 is 0 Å². The number of ether oxygens (including phenoxy) is 1. The van der Waals surface area contributed by atoms with E-state index >= 15 is 0 Å². The first-order valence-electron chi connectivity index (χ1n) is 6.56. The van der Waals surface area contributed by atoms with Gasteiger partial charge in [0.15, 0.2) is 0 Å². The molecular weight excluding hydrogens is 212 g/mol. The van der Waals surface area contributed by atoms with E-state index in [0.717, 1.165) is 31.4 Å². The minimum Gasteiger partial charge on any atom is -0.388 e. The number of aryl methyl sites for hydroxylation is 1. The lowest BCUT2D eigenvalue weighted by Crippen LogP contribution is -2.32. The van der Waals surface area contributed by atoms with Crippen molar-refractivity contribution in [2.24, 2.45) is 5.92 Å². The van der Waals surface area contributed by atoms with Crippen molar-refractivity contribution in [3.8, 4) is 0 Å². The maximum absolute atomic E-state index is 10.2. The zero-order valence-electron chi connectivity index (χ0n) is 10.7. The van der Waals surface area contributed by atoms with Gasteiger partial charge in [-0.25, -0.2) is 0 Å². The Morgan fingerprint density at radius 1 is 1.35 bits per heavy atom. The Kier molecular flexibility index (Phi) is 4.19. The minimum absolute atomic E-state index is 0.316. The van der Waals surface area contributed by atoms with Crippen LogP contribution in [-0.4, -0.2) is 17.8 Å². The molecule has 1 N–H and O–H groups in total. The molecule has 0 saturated heterocycles. The molecule has 94 valence electrons. The SMILES string of the molecule is CCOC1CC(CC(O)c2ccccc2C)C1. The van der Waals surface area contributed by atoms with Crippen LogP contribution in [0.15, 0.2) is 24.3 Å². The zero-order valence-corrected chi connectivity index (χ0v) is 10.7. The van der Waals surface area contributed by atoms with Gasteiger partial charge in [-0.15, -0.1) is 0 Å². The third-order valence-electron chi connectivity index (χ3n) is 3.70. The van der Waals surface area contributed by atoms with E-state index in [1.54, 1.807) is 0 Å². The molecule has 0 amide bonds. The summed E-state index contributed by atoms with van der Waals surface area (Å²) in [4.78, 5) is 0. The Morgan fingerprint density at radius 3 is 2.71 bits per heavy atom. The number of benzene rings is 1. The summed E-state index contributed by atoms with van der Waals surface area (Å²) in [5.74, 6) is 0.626. The molecule has 17 heavy (non-hydrogen) atoms. The van der Waals surface area contributed by atoms with Gasteiger partial charge in [0.2, 0.25) is 0 Å². The predicted octanol–water partition coefficient (Wildman–Crippen LogP) is 3.23. The van der Waals surface area contributed by atoms with E-state index < -0.39 is 0 Å². The van der Waals surface area contributed by atoms with Crippen LogP contribution in [0.3, 0.4) is 0 Å². The molecular formula is C15H22O2. The van der Waals surface area contributed by atoms with Crippen molar-refractivity contribution in [3.63, 3.8) is 0 Å². The van der Waals surface area contributed by atoms with Crippen LogP contribution in [0.4, 0.5) is 0 Å². The van der Waals surface area contributed by atoms with Crippen LogP contribution in [0, 0.1) is 12.8 Å². The smallest absolute Gasteiger partial charge is 0.0795 e. The molecule has 2 nitrogen and oxygen atoms in total. The van der Waals surface area contributed by atoms with Crippen molar-refractivity contribution in [2.45, 2.75) is 45.3 Å². The summed E-state index contributed by atoms with van der Waals surface area (Å²) in [6.07, 6.45) is 3.21. The molecule has 0 heterocycles. The van der Waals surface area contributed by atoms with Crippen LogP contribution in [0.2, 0.25) is 0 Å². The number of aliphatic hydroxyl groups excluding tert-OH is 1. The van der Waals surface area contributed by atoms with Crippen molar-refractivity contribution in [3.05, 3.63) is 35.4 Å². The second-order valence-corrected chi connectivity index (χ2v) is 5.02. The lowest BCUT2D eigenvalue weighted by Gasteiger charge is -2.36. The molecule has 1 aromatic carbocycles. The molecule has 1 aliphatic carbocycles. The van der Waals surface area contributed by atoms with Gasteiger partial charge in [-0.1, -0.05) is 24.3 Å². The fourth-order valence-electron chi connectivity index (χ4n) is 2.64. The highest BCUT2D eigenvalue weighted by Crippen LogP contribution is 2.37. The Bertz CT molecular complexity index is 356. The molecule has 1 fully saturated rings. The monoisotopic (exact) mass is 234 g/mol. The Labute approximate surface area is 104 Å². The molecule has 2 heteroatoms. The summed E-state index contributed by atoms with van der Waals surface area (Å²) < 4.78 is 5.54. The van der Waals surface area contributed by atoms with Crippen molar-refractivity contribution in [1.82, 2.24) is 0 Å². The second-order valence-electron chi connectivity index (χ2n) is 5.02. The molecule has 0 spiro atoms. The topological polar surface area (TPSA) is 29.5 Å². The van der Waals surface area contributed by atoms with Gasteiger partial charge in [-0.2, -0.15) is 0 Å². The van der Waals surface area contributed by atoms with Crippen molar-refractivity contribution in [2.75, 3.05) is 6.61 Å². The average Bonchev–Trinajstić information content (AvgIpc) is 2.26. The highest BCUT2D eigenvalue weighted by molar-refractivity contribution is 5.27. The van der Waals surface area contributed by atoms with Crippen LogP contribution in [0.1, 0.15) is 43.4 Å². The van der Waals surface area contributed by atoms with E-state index in [2.05, 4.69) is 13.0 Å². The number of aliphatic hydroxyl groups is 1. The molecule has 0 aromatic heterocycles. The molecule has 1 unspecified atom stereocenters. The second kappa shape index (κ2) is 5.65. The standard InChI is InChI=1S/C15H22O2/c1-3-17-13-8-12(9-13)10-15(16)14-7-5-4-6-11(14)2/h4-7,12-13,15-16H,3,8-10H2,1-2H3. The van der Waals surface area contributed by atoms with E-state index in [-0.39, 0.29) is 6.10 Å². The lowest BCUT2D eigenvalue weighted by molar-refractivity contribution is -0.0380. The van der Waals surface area contributed by atoms with Gasteiger partial charge in [-0.05, 0) is 50.2 Å². The summed E-state index contributed by atoms with van der Waals surface area (Å²) in [6, 6.07) is 8.09. The lowest BCUT2D eigenvalue weighted by atomic mass is 9.77. The fraction of sp³-hybridized carbons (Fsp3) is 0.600. The largest absolute Gasteiger partial charge is 0.388 e. The summed E-state index contributed by atoms with van der Waals surface area (Å²) in [5, 5.41) is 10.2. The van der Waals surface area contributed by atoms with Crippen molar-refractivity contribution < 1.29 is 9.84 Å². The molecule has 1 aliphatic rings. The molecule has 0 radical (unpaired) electrons. The minimum atomic E-state index is -0.316. The number of hydrogen-bond donors (Lipinski definition) is 1. The summed E-state index contributed by atoms with van der Waals surface area (Å²) in [6.45, 7) is 4.90. The highest BCUT2D eigenvalue weighted by Gasteiger charge is 2.31. The average molecular weight is 234 g/mol. The van der Waals surface area contributed by atoms with Gasteiger partial charge in [0.05, 0.1) is 12.2 Å². The van der Waals surface area contributed by atoms with Gasteiger partial charge in [-0.3, -0.25) is 0 Å². The van der Waals surface area contributed by atoms with Crippen molar-refractivity contribution in [1.29, 1.82) is 0 Å². The Balaban J connectivity index is 1.83. The normalized spacial score (nSPS) is 25.4. The summed E-state index contributed by atoms with van der Waals surface area (Å²) in [5.41, 5.74) is 2.26. The third-order valence-corrected chi connectivity index (χ3v) is 3.70. The molecule has 1 aromatic rings. The quantitative estimate of drug-likeness (QED) is 0.847. The van der Waals surface area contributed by atoms with Crippen LogP contribution in [-0.2, 0) is 4.74 Å². The fourth-order valence-corrected chi connectivity index (χ4v) is 2.64. The molecule has 1 atom stereocenters. The third kappa shape index (κ3) is 3.08. The zero-order chi connectivity index (χ0) is 12.3. The number of rotatable bonds is 5. The summed E-state index contributed by atoms with van der Waals surface area (Å²) in [7, 11) is 0. The maximum Gasteiger partial charge on any atom is 0.0795 e. The summed E-state index contributed by atoms with van der Waals surface area (Å²) >= 11 is 0. The highest BCUT2D eigenvalue weighted by atomic mass is 16.5. The van der Waals surface area contributed by atoms with E-state index in [1.807, 2.05) is 25.1 Å². The molecule has 0 bridgehead atoms. The van der Waals surface area contributed by atoms with E-state index in [4.69, 9.17) is 4.74 Å². The Hall–Kier alpha value is -0.860. The van der Waals surface area contributed by atoms with Gasteiger partial charge < -0.3 is 9.84 Å². The predicted molar refractivity (Wildman–Crippen MR) is 68.9 cm³/mol. The first-order chi connectivity index (χ1) is 8.20. The first kappa shape index (κ1) is 12.6. The van der Waals surface area contributed by atoms with Gasteiger partial charge in [0.25, 0.3) is 0 Å². The maximum atomic E-state index is 10.2. The molecule has 0 aliphatic heterocycles. The first-order valence-corrected chi connectivity index (χ1v) is 6.56. The van der Waals surface area contributed by atoms with Gasteiger partial charge in [0.1, 0.15) is 0 Å². The molecule has 2 rings (SSSR count). The van der Waals surface area contributed by atoms with Crippen LogP contribution >= 0.6 is 0 Å². The van der Waals surface area contributed by atoms with Crippen LogP contribution in [0.5, 0.6) is 0 Å². The Morgan fingerprint density at radius 2 is 2.06 bits per heavy atom. The van der Waals surface area contributed by atoms with Crippen molar-refractivity contribution >= 4 is 0 Å². The van der Waals surface area contributed by atoms with E-state index in [1.165, 1.54) is 5.56 Å². The van der Waals surface area contributed by atoms with Crippen LogP contribution in [0.25, 0.3) is 0 Å². The molecule has 1 saturated carbocycles.